The highest BCUT2D eigenvalue weighted by molar-refractivity contribution is 7.87. The maximum Gasteiger partial charge on any atom is 0.339 e. The van der Waals surface area contributed by atoms with Crippen LogP contribution < -0.4 is 4.18 Å². The Labute approximate surface area is 208 Å². The molecule has 1 heterocycles. The van der Waals surface area contributed by atoms with Crippen LogP contribution in [0.3, 0.4) is 0 Å². The van der Waals surface area contributed by atoms with E-state index in [0.29, 0.717) is 16.5 Å². The number of rotatable bonds is 4. The van der Waals surface area contributed by atoms with Crippen molar-refractivity contribution in [3.8, 4) is 22.9 Å². The lowest BCUT2D eigenvalue weighted by atomic mass is 9.92. The second-order valence-electron chi connectivity index (χ2n) is 8.71. The van der Waals surface area contributed by atoms with E-state index < -0.39 is 10.1 Å². The zero-order chi connectivity index (χ0) is 24.9. The van der Waals surface area contributed by atoms with Gasteiger partial charge in [-0.15, -0.1) is 0 Å². The van der Waals surface area contributed by atoms with Gasteiger partial charge in [-0.05, 0) is 59.8 Å². The summed E-state index contributed by atoms with van der Waals surface area (Å²) >= 11 is 0. The molecule has 0 bridgehead atoms. The number of hydrogen-bond donors (Lipinski definition) is 1. The standard InChI is InChI=1S/C30H20N2O3S/c1-19-11-14-22(15-12-19)36(33,34)35-30-23-16-13-20(18-31)17-25(23)27(21-7-3-2-4-8-21)28-24-9-5-6-10-26(24)32-29(28)30/h2-17,32H,1H3. The molecule has 36 heavy (non-hydrogen) atoms. The number of aromatic nitrogens is 1. The van der Waals surface area contributed by atoms with Crippen LogP contribution in [0.5, 0.6) is 5.75 Å². The van der Waals surface area contributed by atoms with E-state index in [0.717, 1.165) is 38.4 Å². The molecule has 6 aromatic rings. The largest absolute Gasteiger partial charge is 0.376 e. The van der Waals surface area contributed by atoms with Crippen LogP contribution in [0.1, 0.15) is 11.1 Å². The number of aryl methyl sites for hydroxylation is 1. The molecule has 0 amide bonds. The number of nitrogens with one attached hydrogen (secondary N) is 1. The summed E-state index contributed by atoms with van der Waals surface area (Å²) in [5.74, 6) is 0.209. The Morgan fingerprint density at radius 2 is 1.53 bits per heavy atom. The van der Waals surface area contributed by atoms with Gasteiger partial charge in [0, 0.05) is 21.7 Å². The molecular formula is C30H20N2O3S. The Morgan fingerprint density at radius 1 is 0.806 bits per heavy atom. The molecule has 0 saturated heterocycles. The Morgan fingerprint density at radius 3 is 2.28 bits per heavy atom. The Balaban J connectivity index is 1.76. The van der Waals surface area contributed by atoms with Crippen molar-refractivity contribution in [1.82, 2.24) is 4.98 Å². The molecule has 174 valence electrons. The molecule has 0 fully saturated rings. The van der Waals surface area contributed by atoms with E-state index in [4.69, 9.17) is 4.18 Å². The monoisotopic (exact) mass is 488 g/mol. The van der Waals surface area contributed by atoms with E-state index in [2.05, 4.69) is 11.1 Å². The van der Waals surface area contributed by atoms with Crippen LogP contribution in [-0.4, -0.2) is 13.4 Å². The summed E-state index contributed by atoms with van der Waals surface area (Å²) in [5, 5.41) is 12.8. The molecule has 5 nitrogen and oxygen atoms in total. The number of aromatic amines is 1. The average Bonchev–Trinajstić information content (AvgIpc) is 3.28. The second-order valence-corrected chi connectivity index (χ2v) is 10.3. The van der Waals surface area contributed by atoms with Gasteiger partial charge in [0.1, 0.15) is 4.90 Å². The van der Waals surface area contributed by atoms with Crippen LogP contribution in [0.2, 0.25) is 0 Å². The zero-order valence-electron chi connectivity index (χ0n) is 19.3. The molecule has 0 radical (unpaired) electrons. The summed E-state index contributed by atoms with van der Waals surface area (Å²) in [6.07, 6.45) is 0. The SMILES string of the molecule is Cc1ccc(S(=O)(=O)Oc2c3ccc(C#N)cc3c(-c3ccccc3)c3c2[nH]c2ccccc23)cc1. The third-order valence-corrected chi connectivity index (χ3v) is 7.65. The maximum atomic E-state index is 13.4. The maximum absolute atomic E-state index is 13.4. The van der Waals surface area contributed by atoms with Crippen LogP contribution in [-0.2, 0) is 10.1 Å². The number of H-pyrrole nitrogens is 1. The Hall–Kier alpha value is -4.60. The van der Waals surface area contributed by atoms with Crippen molar-refractivity contribution in [1.29, 1.82) is 5.26 Å². The number of benzene rings is 5. The van der Waals surface area contributed by atoms with Gasteiger partial charge in [-0.25, -0.2) is 0 Å². The molecule has 0 aliphatic carbocycles. The molecule has 6 rings (SSSR count). The average molecular weight is 489 g/mol. The highest BCUT2D eigenvalue weighted by Gasteiger charge is 2.25. The quantitative estimate of drug-likeness (QED) is 0.269. The minimum atomic E-state index is -4.13. The molecule has 0 unspecified atom stereocenters. The highest BCUT2D eigenvalue weighted by atomic mass is 32.2. The van der Waals surface area contributed by atoms with Crippen LogP contribution in [0, 0.1) is 18.3 Å². The normalized spacial score (nSPS) is 11.7. The van der Waals surface area contributed by atoms with Crippen molar-refractivity contribution >= 4 is 42.7 Å². The van der Waals surface area contributed by atoms with Gasteiger partial charge in [-0.3, -0.25) is 0 Å². The van der Waals surface area contributed by atoms with Gasteiger partial charge < -0.3 is 9.17 Å². The number of fused-ring (bicyclic) bond motifs is 4. The predicted octanol–water partition coefficient (Wildman–Crippen LogP) is 7.09. The minimum Gasteiger partial charge on any atom is -0.376 e. The summed E-state index contributed by atoms with van der Waals surface area (Å²) in [6, 6.07) is 31.7. The summed E-state index contributed by atoms with van der Waals surface area (Å²) in [4.78, 5) is 3.48. The van der Waals surface area contributed by atoms with Crippen molar-refractivity contribution in [3.63, 3.8) is 0 Å². The molecule has 0 aliphatic heterocycles. The van der Waals surface area contributed by atoms with Gasteiger partial charge in [-0.1, -0.05) is 66.2 Å². The van der Waals surface area contributed by atoms with Gasteiger partial charge in [0.05, 0.1) is 17.1 Å². The number of nitrogens with zero attached hydrogens (tertiary/aromatic N) is 1. The Bertz CT molecular complexity index is 1930. The second kappa shape index (κ2) is 8.26. The molecule has 0 spiro atoms. The van der Waals surface area contributed by atoms with E-state index in [1.54, 1.807) is 42.5 Å². The number of nitriles is 1. The first-order valence-corrected chi connectivity index (χ1v) is 12.8. The smallest absolute Gasteiger partial charge is 0.339 e. The van der Waals surface area contributed by atoms with E-state index in [-0.39, 0.29) is 10.6 Å². The van der Waals surface area contributed by atoms with Crippen molar-refractivity contribution in [2.75, 3.05) is 0 Å². The first kappa shape index (κ1) is 21.9. The lowest BCUT2D eigenvalue weighted by Crippen LogP contribution is -2.10. The highest BCUT2D eigenvalue weighted by Crippen LogP contribution is 2.46. The van der Waals surface area contributed by atoms with Crippen molar-refractivity contribution in [2.45, 2.75) is 11.8 Å². The van der Waals surface area contributed by atoms with Crippen molar-refractivity contribution in [3.05, 3.63) is 108 Å². The molecular weight excluding hydrogens is 468 g/mol. The summed E-state index contributed by atoms with van der Waals surface area (Å²) in [6.45, 7) is 1.90. The van der Waals surface area contributed by atoms with E-state index >= 15 is 0 Å². The van der Waals surface area contributed by atoms with Crippen LogP contribution >= 0.6 is 0 Å². The van der Waals surface area contributed by atoms with Crippen LogP contribution in [0.15, 0.2) is 102 Å². The number of para-hydroxylation sites is 1. The summed E-state index contributed by atoms with van der Waals surface area (Å²) in [5.41, 5.74) is 4.75. The van der Waals surface area contributed by atoms with Crippen LogP contribution in [0.25, 0.3) is 43.7 Å². The fourth-order valence-corrected chi connectivity index (χ4v) is 5.67. The molecule has 0 aliphatic rings. The third kappa shape index (κ3) is 3.49. The predicted molar refractivity (Wildman–Crippen MR) is 142 cm³/mol. The zero-order valence-corrected chi connectivity index (χ0v) is 20.1. The van der Waals surface area contributed by atoms with Crippen LogP contribution in [0.4, 0.5) is 0 Å². The fraction of sp³-hybridized carbons (Fsp3) is 0.0333. The molecule has 1 N–H and O–H groups in total. The molecule has 1 aromatic heterocycles. The van der Waals surface area contributed by atoms with Crippen molar-refractivity contribution in [2.24, 2.45) is 0 Å². The summed E-state index contributed by atoms with van der Waals surface area (Å²) < 4.78 is 32.7. The first-order chi connectivity index (χ1) is 17.5. The van der Waals surface area contributed by atoms with E-state index in [1.807, 2.05) is 61.5 Å². The number of hydrogen-bond acceptors (Lipinski definition) is 4. The Kier molecular flexibility index (Phi) is 5.03. The van der Waals surface area contributed by atoms with Gasteiger partial charge >= 0.3 is 10.1 Å². The lowest BCUT2D eigenvalue weighted by Gasteiger charge is -2.16. The molecule has 0 atom stereocenters. The van der Waals surface area contributed by atoms with Crippen molar-refractivity contribution < 1.29 is 12.6 Å². The van der Waals surface area contributed by atoms with Gasteiger partial charge in [0.25, 0.3) is 0 Å². The van der Waals surface area contributed by atoms with Gasteiger partial charge in [0.15, 0.2) is 5.75 Å². The lowest BCUT2D eigenvalue weighted by molar-refractivity contribution is 0.491. The minimum absolute atomic E-state index is 0.0753. The topological polar surface area (TPSA) is 82.9 Å². The first-order valence-electron chi connectivity index (χ1n) is 11.4. The van der Waals surface area contributed by atoms with Gasteiger partial charge in [-0.2, -0.15) is 13.7 Å². The summed E-state index contributed by atoms with van der Waals surface area (Å²) in [7, 11) is -4.13. The fourth-order valence-electron chi connectivity index (χ4n) is 4.71. The van der Waals surface area contributed by atoms with Gasteiger partial charge in [0.2, 0.25) is 0 Å². The third-order valence-electron chi connectivity index (χ3n) is 6.41. The molecule has 0 saturated carbocycles. The van der Waals surface area contributed by atoms with E-state index in [9.17, 15) is 13.7 Å². The molecule has 6 heteroatoms. The van der Waals surface area contributed by atoms with E-state index in [1.165, 1.54) is 0 Å². The molecule has 5 aromatic carbocycles.